The Labute approximate surface area is 159 Å². The molecule has 2 N–H and O–H groups in total. The maximum atomic E-state index is 12.1. The largest absolute Gasteiger partial charge is 0.457 e. The highest BCUT2D eigenvalue weighted by atomic mass is 32.1. The van der Waals surface area contributed by atoms with E-state index in [1.807, 2.05) is 50.2 Å². The Kier molecular flexibility index (Phi) is 5.09. The third-order valence-electron chi connectivity index (χ3n) is 4.64. The summed E-state index contributed by atoms with van der Waals surface area (Å²) in [4.78, 5) is 12.1. The van der Waals surface area contributed by atoms with E-state index in [2.05, 4.69) is 23.6 Å². The third-order valence-corrected chi connectivity index (χ3v) is 4.86. The van der Waals surface area contributed by atoms with Crippen molar-refractivity contribution < 1.29 is 9.53 Å². The van der Waals surface area contributed by atoms with Gasteiger partial charge in [-0.1, -0.05) is 24.3 Å². The molecule has 0 bridgehead atoms. The van der Waals surface area contributed by atoms with Crippen molar-refractivity contribution in [3.63, 3.8) is 0 Å². The summed E-state index contributed by atoms with van der Waals surface area (Å²) in [5, 5.41) is 6.72. The fourth-order valence-electron chi connectivity index (χ4n) is 3.10. The zero-order valence-electron chi connectivity index (χ0n) is 15.3. The number of ketones is 1. The Hall–Kier alpha value is -2.66. The molecule has 0 saturated carbocycles. The Balaban J connectivity index is 1.87. The van der Waals surface area contributed by atoms with Crippen LogP contribution in [0.1, 0.15) is 36.6 Å². The number of carbonyl (C=O) groups is 1. The van der Waals surface area contributed by atoms with Gasteiger partial charge >= 0.3 is 0 Å². The molecule has 4 nitrogen and oxygen atoms in total. The van der Waals surface area contributed by atoms with Gasteiger partial charge in [0.25, 0.3) is 0 Å². The van der Waals surface area contributed by atoms with Gasteiger partial charge < -0.3 is 15.4 Å². The van der Waals surface area contributed by atoms with Crippen LogP contribution >= 0.6 is 12.2 Å². The number of nitrogens with one attached hydrogen (secondary N) is 2. The van der Waals surface area contributed by atoms with Crippen molar-refractivity contribution in [2.24, 2.45) is 0 Å². The van der Waals surface area contributed by atoms with Crippen molar-refractivity contribution in [3.05, 3.63) is 70.4 Å². The van der Waals surface area contributed by atoms with Crippen LogP contribution in [0.3, 0.4) is 0 Å². The first-order valence-electron chi connectivity index (χ1n) is 8.50. The minimum atomic E-state index is -0.254. The van der Waals surface area contributed by atoms with Gasteiger partial charge in [-0.3, -0.25) is 4.79 Å². The van der Waals surface area contributed by atoms with Gasteiger partial charge in [-0.2, -0.15) is 0 Å². The van der Waals surface area contributed by atoms with Crippen LogP contribution in [-0.4, -0.2) is 10.9 Å². The van der Waals surface area contributed by atoms with Crippen molar-refractivity contribution >= 4 is 23.1 Å². The van der Waals surface area contributed by atoms with E-state index in [1.165, 1.54) is 5.56 Å². The number of aryl methyl sites for hydroxylation is 1. The molecule has 0 amide bonds. The minimum Gasteiger partial charge on any atom is -0.457 e. The molecule has 26 heavy (non-hydrogen) atoms. The van der Waals surface area contributed by atoms with Crippen molar-refractivity contribution in [2.75, 3.05) is 0 Å². The molecule has 2 aromatic rings. The lowest BCUT2D eigenvalue weighted by molar-refractivity contribution is -0.114. The van der Waals surface area contributed by atoms with Gasteiger partial charge in [0.15, 0.2) is 10.9 Å². The molecule has 1 heterocycles. The molecule has 0 aromatic heterocycles. The van der Waals surface area contributed by atoms with E-state index >= 15 is 0 Å². The van der Waals surface area contributed by atoms with Crippen LogP contribution in [0, 0.1) is 13.8 Å². The summed E-state index contributed by atoms with van der Waals surface area (Å²) < 4.78 is 6.01. The minimum absolute atomic E-state index is 0.0192. The summed E-state index contributed by atoms with van der Waals surface area (Å²) in [6.45, 7) is 7.55. The second-order valence-corrected chi connectivity index (χ2v) is 6.90. The Morgan fingerprint density at radius 2 is 1.77 bits per heavy atom. The molecule has 0 saturated heterocycles. The first kappa shape index (κ1) is 18.1. The average molecular weight is 366 g/mol. The number of rotatable bonds is 4. The molecular weight excluding hydrogens is 344 g/mol. The van der Waals surface area contributed by atoms with Crippen molar-refractivity contribution in [3.8, 4) is 11.5 Å². The predicted molar refractivity (Wildman–Crippen MR) is 107 cm³/mol. The third kappa shape index (κ3) is 3.63. The molecule has 3 rings (SSSR count). The zero-order valence-corrected chi connectivity index (χ0v) is 16.2. The van der Waals surface area contributed by atoms with Gasteiger partial charge in [0.2, 0.25) is 0 Å². The van der Waals surface area contributed by atoms with Crippen molar-refractivity contribution in [1.82, 2.24) is 10.6 Å². The number of benzene rings is 2. The Bertz CT molecular complexity index is 901. The first-order valence-corrected chi connectivity index (χ1v) is 8.91. The second kappa shape index (κ2) is 7.30. The number of Topliss-reactive ketones (excluding diaryl/α,β-unsaturated/α-hetero) is 1. The predicted octanol–water partition coefficient (Wildman–Crippen LogP) is 4.48. The van der Waals surface area contributed by atoms with Gasteiger partial charge in [-0.05, 0) is 74.8 Å². The summed E-state index contributed by atoms with van der Waals surface area (Å²) >= 11 is 5.25. The van der Waals surface area contributed by atoms with Crippen LogP contribution < -0.4 is 15.4 Å². The normalized spacial score (nSPS) is 16.8. The Morgan fingerprint density at radius 1 is 1.08 bits per heavy atom. The van der Waals surface area contributed by atoms with Gasteiger partial charge in [0.1, 0.15) is 11.5 Å². The highest BCUT2D eigenvalue weighted by Crippen LogP contribution is 2.31. The molecule has 0 radical (unpaired) electrons. The summed E-state index contributed by atoms with van der Waals surface area (Å²) in [6.07, 6.45) is 0. The molecule has 0 spiro atoms. The van der Waals surface area contributed by atoms with E-state index in [4.69, 9.17) is 17.0 Å². The lowest BCUT2D eigenvalue weighted by Crippen LogP contribution is -2.44. The molecule has 0 aliphatic carbocycles. The number of allylic oxidation sites excluding steroid dienone is 1. The molecule has 5 heteroatoms. The second-order valence-electron chi connectivity index (χ2n) is 6.50. The van der Waals surface area contributed by atoms with Crippen LogP contribution in [0.25, 0.3) is 0 Å². The van der Waals surface area contributed by atoms with Crippen molar-refractivity contribution in [2.45, 2.75) is 33.7 Å². The van der Waals surface area contributed by atoms with Gasteiger partial charge in [0.05, 0.1) is 6.04 Å². The van der Waals surface area contributed by atoms with E-state index < -0.39 is 0 Å². The number of carbonyl (C=O) groups excluding carboxylic acids is 1. The SMILES string of the molecule is CC(=O)C1=C(C)NC(=S)NC1c1ccc(Oc2cccc(C)c2C)cc1. The number of hydrogen-bond donors (Lipinski definition) is 2. The molecule has 1 unspecified atom stereocenters. The quantitative estimate of drug-likeness (QED) is 0.782. The summed E-state index contributed by atoms with van der Waals surface area (Å²) in [5.41, 5.74) is 4.77. The van der Waals surface area contributed by atoms with E-state index in [0.717, 1.165) is 28.3 Å². The highest BCUT2D eigenvalue weighted by molar-refractivity contribution is 7.80. The fourth-order valence-corrected chi connectivity index (χ4v) is 3.37. The van der Waals surface area contributed by atoms with E-state index in [1.54, 1.807) is 6.92 Å². The Morgan fingerprint density at radius 3 is 2.42 bits per heavy atom. The average Bonchev–Trinajstić information content (AvgIpc) is 2.58. The topological polar surface area (TPSA) is 50.4 Å². The maximum Gasteiger partial charge on any atom is 0.171 e. The van der Waals surface area contributed by atoms with Gasteiger partial charge in [0, 0.05) is 11.3 Å². The highest BCUT2D eigenvalue weighted by Gasteiger charge is 2.27. The van der Waals surface area contributed by atoms with E-state index in [0.29, 0.717) is 10.7 Å². The summed E-state index contributed by atoms with van der Waals surface area (Å²) in [7, 11) is 0. The standard InChI is InChI=1S/C21H22N2O2S/c1-12-6-5-7-18(13(12)2)25-17-10-8-16(9-11-17)20-19(15(4)24)14(3)22-21(26)23-20/h5-11,20H,1-4H3,(H2,22,23,26). The fraction of sp³-hybridized carbons (Fsp3) is 0.238. The molecular formula is C21H22N2O2S. The summed E-state index contributed by atoms with van der Waals surface area (Å²) in [6, 6.07) is 13.5. The number of hydrogen-bond acceptors (Lipinski definition) is 3. The zero-order chi connectivity index (χ0) is 18.8. The number of thiocarbonyl (C=S) groups is 1. The molecule has 2 aromatic carbocycles. The van der Waals surface area contributed by atoms with Crippen LogP contribution in [0.5, 0.6) is 11.5 Å². The van der Waals surface area contributed by atoms with Crippen molar-refractivity contribution in [1.29, 1.82) is 0 Å². The lowest BCUT2D eigenvalue weighted by atomic mass is 9.93. The maximum absolute atomic E-state index is 12.1. The monoisotopic (exact) mass is 366 g/mol. The summed E-state index contributed by atoms with van der Waals surface area (Å²) in [5.74, 6) is 1.62. The molecule has 1 aliphatic rings. The van der Waals surface area contributed by atoms with E-state index in [-0.39, 0.29) is 11.8 Å². The van der Waals surface area contributed by atoms with Crippen LogP contribution in [0.4, 0.5) is 0 Å². The van der Waals surface area contributed by atoms with Gasteiger partial charge in [-0.15, -0.1) is 0 Å². The smallest absolute Gasteiger partial charge is 0.171 e. The van der Waals surface area contributed by atoms with Gasteiger partial charge in [-0.25, -0.2) is 0 Å². The number of ether oxygens (including phenoxy) is 1. The van der Waals surface area contributed by atoms with Crippen LogP contribution in [-0.2, 0) is 4.79 Å². The molecule has 1 atom stereocenters. The lowest BCUT2D eigenvalue weighted by Gasteiger charge is -2.29. The van der Waals surface area contributed by atoms with Crippen LogP contribution in [0.2, 0.25) is 0 Å². The molecule has 1 aliphatic heterocycles. The van der Waals surface area contributed by atoms with Crippen LogP contribution in [0.15, 0.2) is 53.7 Å². The first-order chi connectivity index (χ1) is 12.4. The molecule has 0 fully saturated rings. The molecule has 134 valence electrons. The van der Waals surface area contributed by atoms with E-state index in [9.17, 15) is 4.79 Å².